The number of rotatable bonds is 5. The van der Waals surface area contributed by atoms with E-state index in [1.807, 2.05) is 6.07 Å². The third-order valence-electron chi connectivity index (χ3n) is 3.95. The normalized spacial score (nSPS) is 28.9. The standard InChI is InChI=1S/C15H20BrNO/c1-2-3-10-8-14(10)17-9-13-7-11-6-12(16)4-5-15(11)18-13/h4-6,10,13-14,17H,2-3,7-9H2,1H3. The van der Waals surface area contributed by atoms with E-state index >= 15 is 0 Å². The maximum atomic E-state index is 5.95. The van der Waals surface area contributed by atoms with Gasteiger partial charge < -0.3 is 10.1 Å². The number of ether oxygens (including phenoxy) is 1. The highest BCUT2D eigenvalue weighted by molar-refractivity contribution is 9.10. The molecule has 98 valence electrons. The third-order valence-corrected chi connectivity index (χ3v) is 4.45. The van der Waals surface area contributed by atoms with Gasteiger partial charge in [-0.1, -0.05) is 29.3 Å². The zero-order chi connectivity index (χ0) is 12.5. The van der Waals surface area contributed by atoms with Gasteiger partial charge in [0.2, 0.25) is 0 Å². The Bertz CT molecular complexity index is 435. The second kappa shape index (κ2) is 5.22. The van der Waals surface area contributed by atoms with E-state index in [0.717, 1.165) is 35.1 Å². The largest absolute Gasteiger partial charge is 0.488 e. The smallest absolute Gasteiger partial charge is 0.123 e. The molecule has 0 spiro atoms. The summed E-state index contributed by atoms with van der Waals surface area (Å²) < 4.78 is 7.09. The van der Waals surface area contributed by atoms with Crippen molar-refractivity contribution in [3.05, 3.63) is 28.2 Å². The van der Waals surface area contributed by atoms with Gasteiger partial charge in [0, 0.05) is 23.5 Å². The van der Waals surface area contributed by atoms with E-state index < -0.39 is 0 Å². The first kappa shape index (κ1) is 12.5. The third kappa shape index (κ3) is 2.72. The van der Waals surface area contributed by atoms with Crippen LogP contribution in [-0.2, 0) is 6.42 Å². The van der Waals surface area contributed by atoms with Crippen LogP contribution in [0.2, 0.25) is 0 Å². The van der Waals surface area contributed by atoms with E-state index in [4.69, 9.17) is 4.74 Å². The summed E-state index contributed by atoms with van der Waals surface area (Å²) in [4.78, 5) is 0. The van der Waals surface area contributed by atoms with E-state index in [0.29, 0.717) is 6.10 Å². The predicted molar refractivity (Wildman–Crippen MR) is 77.1 cm³/mol. The summed E-state index contributed by atoms with van der Waals surface area (Å²) in [6.45, 7) is 3.25. The lowest BCUT2D eigenvalue weighted by molar-refractivity contribution is 0.226. The van der Waals surface area contributed by atoms with Gasteiger partial charge in [0.05, 0.1) is 0 Å². The predicted octanol–water partition coefficient (Wildman–Crippen LogP) is 3.53. The SMILES string of the molecule is CCCC1CC1NCC1Cc2cc(Br)ccc2O1. The molecule has 1 aromatic rings. The Morgan fingerprint density at radius 2 is 2.33 bits per heavy atom. The quantitative estimate of drug-likeness (QED) is 0.898. The highest BCUT2D eigenvalue weighted by Gasteiger charge is 2.36. The summed E-state index contributed by atoms with van der Waals surface area (Å²) in [5, 5.41) is 3.65. The van der Waals surface area contributed by atoms with Gasteiger partial charge in [-0.15, -0.1) is 0 Å². The van der Waals surface area contributed by atoms with Crippen LogP contribution in [0.1, 0.15) is 31.7 Å². The fourth-order valence-corrected chi connectivity index (χ4v) is 3.28. The molecule has 0 radical (unpaired) electrons. The Balaban J connectivity index is 1.47. The molecule has 2 aliphatic rings. The molecule has 3 atom stereocenters. The average Bonchev–Trinajstić information content (AvgIpc) is 2.96. The van der Waals surface area contributed by atoms with Crippen LogP contribution < -0.4 is 10.1 Å². The number of halogens is 1. The molecule has 3 heteroatoms. The van der Waals surface area contributed by atoms with Crippen LogP contribution in [0.5, 0.6) is 5.75 Å². The van der Waals surface area contributed by atoms with Crippen molar-refractivity contribution < 1.29 is 4.74 Å². The van der Waals surface area contributed by atoms with Gasteiger partial charge in [-0.05, 0) is 42.5 Å². The average molecular weight is 310 g/mol. The topological polar surface area (TPSA) is 21.3 Å². The molecule has 1 aliphatic carbocycles. The van der Waals surface area contributed by atoms with Crippen LogP contribution in [0, 0.1) is 5.92 Å². The summed E-state index contributed by atoms with van der Waals surface area (Å²) in [6, 6.07) is 7.04. The van der Waals surface area contributed by atoms with Gasteiger partial charge >= 0.3 is 0 Å². The summed E-state index contributed by atoms with van der Waals surface area (Å²) in [5.74, 6) is 1.99. The number of fused-ring (bicyclic) bond motifs is 1. The van der Waals surface area contributed by atoms with Gasteiger partial charge in [0.15, 0.2) is 0 Å². The van der Waals surface area contributed by atoms with Crippen LogP contribution in [0.4, 0.5) is 0 Å². The summed E-state index contributed by atoms with van der Waals surface area (Å²) in [7, 11) is 0. The van der Waals surface area contributed by atoms with E-state index in [2.05, 4.69) is 40.3 Å². The molecule has 18 heavy (non-hydrogen) atoms. The minimum atomic E-state index is 0.317. The van der Waals surface area contributed by atoms with E-state index in [9.17, 15) is 0 Å². The summed E-state index contributed by atoms with van der Waals surface area (Å²) in [5.41, 5.74) is 1.33. The summed E-state index contributed by atoms with van der Waals surface area (Å²) >= 11 is 3.51. The lowest BCUT2D eigenvalue weighted by Crippen LogP contribution is -2.32. The molecule has 2 nitrogen and oxygen atoms in total. The number of nitrogens with one attached hydrogen (secondary N) is 1. The molecular formula is C15H20BrNO. The molecular weight excluding hydrogens is 290 g/mol. The molecule has 0 amide bonds. The molecule has 1 heterocycles. The van der Waals surface area contributed by atoms with Crippen LogP contribution in [0.15, 0.2) is 22.7 Å². The second-order valence-electron chi connectivity index (χ2n) is 5.50. The van der Waals surface area contributed by atoms with Crippen molar-refractivity contribution in [1.82, 2.24) is 5.32 Å². The number of benzene rings is 1. The van der Waals surface area contributed by atoms with E-state index in [1.54, 1.807) is 0 Å². The van der Waals surface area contributed by atoms with Crippen LogP contribution in [0.25, 0.3) is 0 Å². The zero-order valence-corrected chi connectivity index (χ0v) is 12.4. The van der Waals surface area contributed by atoms with Crippen LogP contribution in [0.3, 0.4) is 0 Å². The molecule has 3 unspecified atom stereocenters. The van der Waals surface area contributed by atoms with Gasteiger partial charge in [0.25, 0.3) is 0 Å². The Kier molecular flexibility index (Phi) is 3.62. The molecule has 3 rings (SSSR count). The fraction of sp³-hybridized carbons (Fsp3) is 0.600. The van der Waals surface area contributed by atoms with Crippen molar-refractivity contribution in [3.63, 3.8) is 0 Å². The molecule has 1 fully saturated rings. The molecule has 1 aromatic carbocycles. The number of hydrogen-bond acceptors (Lipinski definition) is 2. The van der Waals surface area contributed by atoms with Crippen molar-refractivity contribution in [2.45, 2.75) is 44.8 Å². The molecule has 1 aliphatic heterocycles. The van der Waals surface area contributed by atoms with Gasteiger partial charge in [-0.25, -0.2) is 0 Å². The highest BCUT2D eigenvalue weighted by atomic mass is 79.9. The Labute approximate surface area is 117 Å². The maximum Gasteiger partial charge on any atom is 0.123 e. The minimum Gasteiger partial charge on any atom is -0.488 e. The molecule has 0 bridgehead atoms. The molecule has 1 saturated carbocycles. The molecule has 0 saturated heterocycles. The van der Waals surface area contributed by atoms with Crippen molar-refractivity contribution in [2.24, 2.45) is 5.92 Å². The maximum absolute atomic E-state index is 5.95. The molecule has 0 aromatic heterocycles. The first-order valence-electron chi connectivity index (χ1n) is 6.94. The Morgan fingerprint density at radius 1 is 1.44 bits per heavy atom. The second-order valence-corrected chi connectivity index (χ2v) is 6.41. The minimum absolute atomic E-state index is 0.317. The lowest BCUT2D eigenvalue weighted by Gasteiger charge is -2.11. The van der Waals surface area contributed by atoms with Crippen LogP contribution in [-0.4, -0.2) is 18.7 Å². The summed E-state index contributed by atoms with van der Waals surface area (Å²) in [6.07, 6.45) is 5.39. The van der Waals surface area contributed by atoms with Gasteiger partial charge in [0.1, 0.15) is 11.9 Å². The molecule has 1 N–H and O–H groups in total. The van der Waals surface area contributed by atoms with E-state index in [1.165, 1.54) is 24.8 Å². The first-order chi connectivity index (χ1) is 8.76. The fourth-order valence-electron chi connectivity index (χ4n) is 2.87. The Morgan fingerprint density at radius 3 is 3.17 bits per heavy atom. The van der Waals surface area contributed by atoms with Crippen molar-refractivity contribution in [3.8, 4) is 5.75 Å². The highest BCUT2D eigenvalue weighted by Crippen LogP contribution is 2.35. The van der Waals surface area contributed by atoms with Gasteiger partial charge in [-0.3, -0.25) is 0 Å². The van der Waals surface area contributed by atoms with Crippen molar-refractivity contribution in [2.75, 3.05) is 6.54 Å². The first-order valence-corrected chi connectivity index (χ1v) is 7.74. The Hall–Kier alpha value is -0.540. The van der Waals surface area contributed by atoms with Crippen molar-refractivity contribution >= 4 is 15.9 Å². The monoisotopic (exact) mass is 309 g/mol. The van der Waals surface area contributed by atoms with Crippen molar-refractivity contribution in [1.29, 1.82) is 0 Å². The van der Waals surface area contributed by atoms with E-state index in [-0.39, 0.29) is 0 Å². The lowest BCUT2D eigenvalue weighted by atomic mass is 10.1. The number of hydrogen-bond donors (Lipinski definition) is 1. The van der Waals surface area contributed by atoms with Crippen LogP contribution >= 0.6 is 15.9 Å². The zero-order valence-electron chi connectivity index (χ0n) is 10.8. The van der Waals surface area contributed by atoms with Gasteiger partial charge in [-0.2, -0.15) is 0 Å².